The van der Waals surface area contributed by atoms with Gasteiger partial charge in [0.1, 0.15) is 0 Å². The minimum Gasteiger partial charge on any atom is -0.0433 e. The van der Waals surface area contributed by atoms with Crippen LogP contribution in [0.5, 0.6) is 0 Å². The number of halogens is 1. The fourth-order valence-corrected chi connectivity index (χ4v) is 7.12. The zero-order valence-electron chi connectivity index (χ0n) is 23.7. The van der Waals surface area contributed by atoms with E-state index in [-0.39, 0.29) is 34.5 Å². The van der Waals surface area contributed by atoms with Gasteiger partial charge < -0.3 is 0 Å². The number of ketones is 1. The molecule has 2 N–H and O–H groups in total. The molecule has 0 heterocycles. The van der Waals surface area contributed by atoms with Gasteiger partial charge in [0.2, 0.25) is 0 Å². The standard InChI is InChI=1S/C37H26IO6/c1-5-22-12-23(6-2)15-26(14-22)10-9-11-34(39)30-18-27-21-33(37(43)44)31(19-28(27)20-32(30)36(41)42)35(40)38-29-16-24(7-3)13-25(8-4)17-29/h1,3-4,12-21H,6,9-11H2,2H3,(H,41,42)(H,43,44)/q-1. The first-order valence-electron chi connectivity index (χ1n) is 13.5. The number of rotatable bonds is 11. The first kappa shape index (κ1) is 31.8. The summed E-state index contributed by atoms with van der Waals surface area (Å²) in [7, 11) is 0. The molecular formula is C37H26IO6-. The average molecular weight is 694 g/mol. The van der Waals surface area contributed by atoms with Gasteiger partial charge in [-0.15, -0.1) is 6.42 Å². The predicted molar refractivity (Wildman–Crippen MR) is 164 cm³/mol. The van der Waals surface area contributed by atoms with Crippen molar-refractivity contribution in [2.24, 2.45) is 0 Å². The van der Waals surface area contributed by atoms with Crippen molar-refractivity contribution in [2.75, 3.05) is 0 Å². The number of hydrogen-bond donors (Lipinski definition) is 2. The van der Waals surface area contributed by atoms with Crippen molar-refractivity contribution in [1.82, 2.24) is 0 Å². The molecule has 0 aromatic heterocycles. The van der Waals surface area contributed by atoms with E-state index in [1.165, 1.54) is 24.3 Å². The summed E-state index contributed by atoms with van der Waals surface area (Å²) in [5.74, 6) is 4.63. The largest absolute Gasteiger partial charge is 0.0433 e. The van der Waals surface area contributed by atoms with Gasteiger partial charge in [0.25, 0.3) is 0 Å². The summed E-state index contributed by atoms with van der Waals surface area (Å²) in [5.41, 5.74) is 3.34. The molecule has 0 saturated heterocycles. The number of fused-ring (bicyclic) bond motifs is 1. The van der Waals surface area contributed by atoms with E-state index in [9.17, 15) is 29.4 Å². The molecule has 6 nitrogen and oxygen atoms in total. The Labute approximate surface area is 265 Å². The molecule has 44 heavy (non-hydrogen) atoms. The zero-order chi connectivity index (χ0) is 32.0. The number of carbonyl (C=O) groups excluding carboxylic acids is 2. The molecule has 0 fully saturated rings. The van der Waals surface area contributed by atoms with Gasteiger partial charge in [-0.2, -0.15) is 0 Å². The van der Waals surface area contributed by atoms with Crippen molar-refractivity contribution >= 4 is 32.3 Å². The smallest absolute Gasteiger partial charge is 0.0433 e. The van der Waals surface area contributed by atoms with Crippen molar-refractivity contribution in [2.45, 2.75) is 32.6 Å². The van der Waals surface area contributed by atoms with Crippen LogP contribution in [0.2, 0.25) is 0 Å². The van der Waals surface area contributed by atoms with Gasteiger partial charge in [-0.25, -0.2) is 0 Å². The second kappa shape index (κ2) is 13.9. The summed E-state index contributed by atoms with van der Waals surface area (Å²) in [6, 6.07) is 16.2. The van der Waals surface area contributed by atoms with Crippen LogP contribution >= 0.6 is 0 Å². The van der Waals surface area contributed by atoms with E-state index in [1.807, 2.05) is 25.1 Å². The summed E-state index contributed by atoms with van der Waals surface area (Å²) in [6.07, 6.45) is 18.5. The average Bonchev–Trinajstić information content (AvgIpc) is 3.02. The van der Waals surface area contributed by atoms with E-state index in [1.54, 1.807) is 18.2 Å². The van der Waals surface area contributed by atoms with Gasteiger partial charge in [0.05, 0.1) is 0 Å². The summed E-state index contributed by atoms with van der Waals surface area (Å²) in [4.78, 5) is 51.1. The topological polar surface area (TPSA) is 109 Å². The summed E-state index contributed by atoms with van der Waals surface area (Å²) >= 11 is -1.41. The number of hydrogen-bond acceptors (Lipinski definition) is 4. The number of carboxylic acids is 2. The Morgan fingerprint density at radius 1 is 0.659 bits per heavy atom. The fraction of sp³-hybridized carbons (Fsp3) is 0.135. The van der Waals surface area contributed by atoms with Crippen molar-refractivity contribution in [3.63, 3.8) is 0 Å². The summed E-state index contributed by atoms with van der Waals surface area (Å²) in [5, 5.41) is 20.6. The second-order valence-corrected chi connectivity index (χ2v) is 12.7. The number of carbonyl (C=O) groups is 4. The second-order valence-electron chi connectivity index (χ2n) is 9.95. The zero-order valence-corrected chi connectivity index (χ0v) is 25.9. The maximum absolute atomic E-state index is 13.4. The third-order valence-electron chi connectivity index (χ3n) is 7.01. The molecule has 0 aliphatic carbocycles. The molecular weight excluding hydrogens is 667 g/mol. The van der Waals surface area contributed by atoms with Gasteiger partial charge in [-0.1, -0.05) is 18.9 Å². The number of aryl methyl sites for hydroxylation is 2. The van der Waals surface area contributed by atoms with Gasteiger partial charge in [-0.05, 0) is 24.1 Å². The summed E-state index contributed by atoms with van der Waals surface area (Å²) < 4.78 is 0.218. The van der Waals surface area contributed by atoms with E-state index in [0.717, 1.165) is 23.1 Å². The van der Waals surface area contributed by atoms with E-state index in [2.05, 4.69) is 17.8 Å². The maximum Gasteiger partial charge on any atom is -0.0433 e. The third kappa shape index (κ3) is 7.24. The van der Waals surface area contributed by atoms with Crippen molar-refractivity contribution in [1.29, 1.82) is 0 Å². The van der Waals surface area contributed by atoms with E-state index in [4.69, 9.17) is 19.3 Å². The Morgan fingerprint density at radius 3 is 1.70 bits per heavy atom. The molecule has 4 aromatic carbocycles. The van der Waals surface area contributed by atoms with E-state index < -0.39 is 36.9 Å². The SMILES string of the molecule is C#Cc1cc(CC)cc(CCCC(=O)c2cc3cc(C(=O)O)c(C(=O)[I-]c4cc(C#C)cc(C#C)c4)cc3cc2C(=O)O)c1. The van der Waals surface area contributed by atoms with E-state index >= 15 is 0 Å². The van der Waals surface area contributed by atoms with Gasteiger partial charge in [0, 0.05) is 5.56 Å². The molecule has 0 bridgehead atoms. The quantitative estimate of drug-likeness (QED) is 0.108. The predicted octanol–water partition coefficient (Wildman–Crippen LogP) is 3.05. The molecule has 0 radical (unpaired) electrons. The van der Waals surface area contributed by atoms with Crippen LogP contribution in [0.1, 0.15) is 89.0 Å². The molecule has 0 unspecified atom stereocenters. The minimum absolute atomic E-state index is 0.0209. The third-order valence-corrected chi connectivity index (χ3v) is 9.33. The van der Waals surface area contributed by atoms with Crippen LogP contribution in [-0.2, 0) is 12.8 Å². The van der Waals surface area contributed by atoms with Crippen LogP contribution in [0.25, 0.3) is 10.8 Å². The van der Waals surface area contributed by atoms with Gasteiger partial charge in [0.15, 0.2) is 0 Å². The van der Waals surface area contributed by atoms with Crippen LogP contribution in [-0.4, -0.2) is 31.7 Å². The van der Waals surface area contributed by atoms with Crippen LogP contribution in [0.3, 0.4) is 0 Å². The van der Waals surface area contributed by atoms with Gasteiger partial charge in [-0.3, -0.25) is 0 Å². The monoisotopic (exact) mass is 693 g/mol. The number of Topliss-reactive ketones (excluding diaryl/α,β-unsaturated/α-hetero) is 1. The van der Waals surface area contributed by atoms with Crippen LogP contribution in [0, 0.1) is 40.6 Å². The van der Waals surface area contributed by atoms with E-state index in [0.29, 0.717) is 38.3 Å². The molecule has 4 aromatic rings. The molecule has 0 aliphatic rings. The van der Waals surface area contributed by atoms with Crippen LogP contribution < -0.4 is 21.2 Å². The molecule has 7 heteroatoms. The molecule has 0 atom stereocenters. The molecule has 218 valence electrons. The Hall–Kier alpha value is -5.17. The first-order chi connectivity index (χ1) is 21.1. The first-order valence-corrected chi connectivity index (χ1v) is 15.7. The molecule has 0 spiro atoms. The van der Waals surface area contributed by atoms with Crippen molar-refractivity contribution < 1.29 is 50.6 Å². The Bertz CT molecular complexity index is 1950. The molecule has 0 amide bonds. The normalized spacial score (nSPS) is 10.5. The van der Waals surface area contributed by atoms with Gasteiger partial charge >= 0.3 is 212 Å². The molecule has 0 aliphatic heterocycles. The number of terminal acetylenes is 3. The fourth-order valence-electron chi connectivity index (χ4n) is 4.84. The Morgan fingerprint density at radius 2 is 1.16 bits per heavy atom. The number of carboxylic acid groups (broad SMARTS) is 2. The van der Waals surface area contributed by atoms with Crippen molar-refractivity contribution in [3.8, 4) is 37.0 Å². The Balaban J connectivity index is 1.66. The minimum atomic E-state index is -1.41. The van der Waals surface area contributed by atoms with Crippen molar-refractivity contribution in [3.05, 3.63) is 114 Å². The number of aromatic carboxylic acids is 2. The van der Waals surface area contributed by atoms with Crippen LogP contribution in [0.4, 0.5) is 0 Å². The Kier molecular flexibility index (Phi) is 10.0. The molecule has 4 rings (SSSR count). The van der Waals surface area contributed by atoms with Crippen LogP contribution in [0.15, 0.2) is 60.7 Å². The maximum atomic E-state index is 13.4. The number of benzene rings is 4. The molecule has 0 saturated carbocycles. The summed E-state index contributed by atoms with van der Waals surface area (Å²) in [6.45, 7) is 2.03.